The number of carbonyl (C=O) groups is 2. The van der Waals surface area contributed by atoms with Gasteiger partial charge >= 0.3 is 12.1 Å². The van der Waals surface area contributed by atoms with Gasteiger partial charge in [-0.15, -0.1) is 10.2 Å². The summed E-state index contributed by atoms with van der Waals surface area (Å²) in [7, 11) is 3.40. The van der Waals surface area contributed by atoms with Crippen LogP contribution in [0.4, 0.5) is 4.79 Å². The lowest BCUT2D eigenvalue weighted by molar-refractivity contribution is -0.143. The third-order valence-electron chi connectivity index (χ3n) is 6.45. The van der Waals surface area contributed by atoms with Gasteiger partial charge < -0.3 is 19.4 Å². The Balaban J connectivity index is 1.36. The number of rotatable bonds is 10. The van der Waals surface area contributed by atoms with Gasteiger partial charge in [0, 0.05) is 20.6 Å². The Hall–Kier alpha value is -3.28. The van der Waals surface area contributed by atoms with Gasteiger partial charge in [-0.25, -0.2) is 19.4 Å². The average Bonchev–Trinajstić information content (AvgIpc) is 3.59. The zero-order valence-electron chi connectivity index (χ0n) is 20.3. The minimum Gasteiger partial charge on any atom is -0.481 e. The third-order valence-corrected chi connectivity index (χ3v) is 6.45. The standard InChI is InChI=1S/C23H32N6O6/c1-14-21(34-17-6-4-5-16(11-17)22(30)31)24-12-18(25-14)20-19(29(3)27-26-20)13-33-23(32)35-28(2)10-9-15-7-8-15/h12,15-17H,4-11,13H2,1-3H3,(H,30,31)/t16-,17-/m0/s1. The van der Waals surface area contributed by atoms with Gasteiger partial charge in [0.1, 0.15) is 35.5 Å². The molecule has 2 saturated carbocycles. The smallest absolute Gasteiger partial charge is 0.481 e. The summed E-state index contributed by atoms with van der Waals surface area (Å²) < 4.78 is 12.8. The van der Waals surface area contributed by atoms with Crippen LogP contribution in [-0.4, -0.2) is 67.0 Å². The van der Waals surface area contributed by atoms with Crippen molar-refractivity contribution in [3.63, 3.8) is 0 Å². The van der Waals surface area contributed by atoms with Gasteiger partial charge in [0.2, 0.25) is 5.88 Å². The molecule has 0 unspecified atom stereocenters. The van der Waals surface area contributed by atoms with E-state index >= 15 is 0 Å². The fourth-order valence-corrected chi connectivity index (χ4v) is 4.17. The van der Waals surface area contributed by atoms with Gasteiger partial charge in [0.25, 0.3) is 0 Å². The van der Waals surface area contributed by atoms with E-state index in [1.54, 1.807) is 21.0 Å². The Morgan fingerprint density at radius 1 is 1.26 bits per heavy atom. The number of carboxylic acids is 1. The lowest BCUT2D eigenvalue weighted by atomic mass is 9.87. The van der Waals surface area contributed by atoms with Crippen molar-refractivity contribution in [1.29, 1.82) is 0 Å². The molecule has 12 heteroatoms. The van der Waals surface area contributed by atoms with Crippen molar-refractivity contribution in [3.05, 3.63) is 17.6 Å². The molecular weight excluding hydrogens is 456 g/mol. The van der Waals surface area contributed by atoms with Crippen LogP contribution in [0.5, 0.6) is 5.88 Å². The van der Waals surface area contributed by atoms with E-state index in [2.05, 4.69) is 20.3 Å². The maximum absolute atomic E-state index is 12.1. The van der Waals surface area contributed by atoms with Crippen molar-refractivity contribution in [1.82, 2.24) is 30.0 Å². The van der Waals surface area contributed by atoms with Crippen LogP contribution in [0.2, 0.25) is 0 Å². The van der Waals surface area contributed by atoms with Gasteiger partial charge in [-0.05, 0) is 44.9 Å². The van der Waals surface area contributed by atoms with Crippen LogP contribution < -0.4 is 4.74 Å². The van der Waals surface area contributed by atoms with E-state index in [9.17, 15) is 14.7 Å². The molecule has 2 aromatic rings. The molecule has 0 aromatic carbocycles. The van der Waals surface area contributed by atoms with Crippen LogP contribution >= 0.6 is 0 Å². The third kappa shape index (κ3) is 6.65. The number of aryl methyl sites for hydroxylation is 2. The second-order valence-corrected chi connectivity index (χ2v) is 9.31. The zero-order chi connectivity index (χ0) is 24.9. The van der Waals surface area contributed by atoms with Crippen molar-refractivity contribution < 1.29 is 29.0 Å². The number of hydrogen-bond acceptors (Lipinski definition) is 10. The highest BCUT2D eigenvalue weighted by Crippen LogP contribution is 2.32. The van der Waals surface area contributed by atoms with Gasteiger partial charge in [0.05, 0.1) is 12.1 Å². The van der Waals surface area contributed by atoms with Crippen molar-refractivity contribution >= 4 is 12.1 Å². The molecule has 4 rings (SSSR count). The molecule has 12 nitrogen and oxygen atoms in total. The summed E-state index contributed by atoms with van der Waals surface area (Å²) >= 11 is 0. The molecule has 2 atom stereocenters. The molecule has 0 aliphatic heterocycles. The number of hydroxylamine groups is 2. The highest BCUT2D eigenvalue weighted by molar-refractivity contribution is 5.70. The lowest BCUT2D eigenvalue weighted by Crippen LogP contribution is -2.30. The van der Waals surface area contributed by atoms with E-state index in [1.807, 2.05) is 0 Å². The van der Waals surface area contributed by atoms with Crippen molar-refractivity contribution in [2.24, 2.45) is 18.9 Å². The maximum Gasteiger partial charge on any atom is 0.528 e. The van der Waals surface area contributed by atoms with Crippen LogP contribution in [0.3, 0.4) is 0 Å². The Labute approximate surface area is 203 Å². The zero-order valence-corrected chi connectivity index (χ0v) is 20.3. The molecule has 0 radical (unpaired) electrons. The van der Waals surface area contributed by atoms with E-state index in [4.69, 9.17) is 14.3 Å². The van der Waals surface area contributed by atoms with Crippen LogP contribution in [-0.2, 0) is 28.0 Å². The van der Waals surface area contributed by atoms with E-state index in [0.29, 0.717) is 48.0 Å². The predicted octanol–water partition coefficient (Wildman–Crippen LogP) is 2.90. The Morgan fingerprint density at radius 2 is 2.06 bits per heavy atom. The largest absolute Gasteiger partial charge is 0.528 e. The lowest BCUT2D eigenvalue weighted by Gasteiger charge is -2.27. The highest BCUT2D eigenvalue weighted by atomic mass is 16.8. The van der Waals surface area contributed by atoms with Crippen LogP contribution in [0.25, 0.3) is 11.4 Å². The molecule has 2 aliphatic rings. The number of carboxylic acid groups (broad SMARTS) is 1. The number of nitrogens with zero attached hydrogens (tertiary/aromatic N) is 6. The summed E-state index contributed by atoms with van der Waals surface area (Å²) in [5.41, 5.74) is 1.99. The second-order valence-electron chi connectivity index (χ2n) is 9.31. The van der Waals surface area contributed by atoms with Crippen LogP contribution in [0.15, 0.2) is 6.20 Å². The molecule has 2 aliphatic carbocycles. The molecule has 0 saturated heterocycles. The molecule has 190 valence electrons. The first-order valence-electron chi connectivity index (χ1n) is 12.0. The fraction of sp³-hybridized carbons (Fsp3) is 0.652. The molecule has 1 N–H and O–H groups in total. The molecule has 35 heavy (non-hydrogen) atoms. The maximum atomic E-state index is 12.1. The molecule has 2 aromatic heterocycles. The number of carbonyl (C=O) groups excluding carboxylic acids is 1. The average molecular weight is 489 g/mol. The Bertz CT molecular complexity index is 1060. The summed E-state index contributed by atoms with van der Waals surface area (Å²) in [6.07, 6.45) is 6.71. The molecular formula is C23H32N6O6. The first-order valence-corrected chi connectivity index (χ1v) is 12.0. The molecule has 0 bridgehead atoms. The van der Waals surface area contributed by atoms with Crippen molar-refractivity contribution in [2.45, 2.75) is 64.6 Å². The number of aromatic nitrogens is 5. The van der Waals surface area contributed by atoms with Crippen LogP contribution in [0, 0.1) is 18.8 Å². The SMILES string of the molecule is Cc1nc(-c2nnn(C)c2COC(=O)ON(C)CCC2CC2)cnc1O[C@H]1CCC[C@H](C(=O)O)C1. The molecule has 2 heterocycles. The van der Waals surface area contributed by atoms with E-state index < -0.39 is 18.0 Å². The van der Waals surface area contributed by atoms with Crippen molar-refractivity contribution in [2.75, 3.05) is 13.6 Å². The normalized spacial score (nSPS) is 20.0. The number of aliphatic carboxylic acids is 1. The minimum atomic E-state index is -0.798. The Kier molecular flexibility index (Phi) is 7.79. The Morgan fingerprint density at radius 3 is 2.77 bits per heavy atom. The summed E-state index contributed by atoms with van der Waals surface area (Å²) in [6, 6.07) is 0. The highest BCUT2D eigenvalue weighted by Gasteiger charge is 2.29. The van der Waals surface area contributed by atoms with Crippen molar-refractivity contribution in [3.8, 4) is 17.3 Å². The quantitative estimate of drug-likeness (QED) is 0.389. The van der Waals surface area contributed by atoms with Gasteiger partial charge in [0.15, 0.2) is 0 Å². The first-order chi connectivity index (χ1) is 16.8. The minimum absolute atomic E-state index is 0.0915. The summed E-state index contributed by atoms with van der Waals surface area (Å²) in [5.74, 6) is -0.0779. The second kappa shape index (κ2) is 11.0. The van der Waals surface area contributed by atoms with E-state index in [-0.39, 0.29) is 12.7 Å². The molecule has 0 amide bonds. The number of ether oxygens (including phenoxy) is 2. The molecule has 0 spiro atoms. The summed E-state index contributed by atoms with van der Waals surface area (Å²) in [5, 5.41) is 19.0. The summed E-state index contributed by atoms with van der Waals surface area (Å²) in [6.45, 7) is 2.34. The van der Waals surface area contributed by atoms with Gasteiger partial charge in [-0.3, -0.25) is 4.79 Å². The first kappa shape index (κ1) is 24.8. The number of hydrogen-bond donors (Lipinski definition) is 1. The van der Waals surface area contributed by atoms with E-state index in [1.165, 1.54) is 28.8 Å². The summed E-state index contributed by atoms with van der Waals surface area (Å²) in [4.78, 5) is 37.6. The monoisotopic (exact) mass is 488 g/mol. The van der Waals surface area contributed by atoms with E-state index in [0.717, 1.165) is 25.2 Å². The predicted molar refractivity (Wildman–Crippen MR) is 122 cm³/mol. The van der Waals surface area contributed by atoms with Crippen LogP contribution in [0.1, 0.15) is 56.3 Å². The molecule has 2 fully saturated rings. The fourth-order valence-electron chi connectivity index (χ4n) is 4.17. The topological polar surface area (TPSA) is 142 Å². The van der Waals surface area contributed by atoms with Gasteiger partial charge in [-0.2, -0.15) is 0 Å². The van der Waals surface area contributed by atoms with Gasteiger partial charge in [-0.1, -0.05) is 18.1 Å².